The van der Waals surface area contributed by atoms with E-state index in [0.717, 1.165) is 45.1 Å². The number of hydrogen-bond donors (Lipinski definition) is 0. The fourth-order valence-corrected chi connectivity index (χ4v) is 5.46. The maximum Gasteiger partial charge on any atom is 0.146 e. The highest BCUT2D eigenvalue weighted by Gasteiger charge is 2.30. The zero-order valence-corrected chi connectivity index (χ0v) is 17.3. The number of likely N-dealkylation sites (N-methyl/N-ethyl adjacent to an activating group) is 1. The number of thiophene rings is 1. The van der Waals surface area contributed by atoms with Crippen LogP contribution < -0.4 is 9.64 Å². The van der Waals surface area contributed by atoms with Crippen LogP contribution in [0.1, 0.15) is 22.6 Å². The minimum Gasteiger partial charge on any atom is -0.494 e. The van der Waals surface area contributed by atoms with Gasteiger partial charge in [0, 0.05) is 42.4 Å². The van der Waals surface area contributed by atoms with Crippen LogP contribution in [-0.4, -0.2) is 51.9 Å². The lowest BCUT2D eigenvalue weighted by atomic mass is 9.84. The fourth-order valence-electron chi connectivity index (χ4n) is 4.62. The van der Waals surface area contributed by atoms with Crippen LogP contribution in [0.15, 0.2) is 41.8 Å². The van der Waals surface area contributed by atoms with Crippen LogP contribution in [-0.2, 0) is 11.3 Å². The van der Waals surface area contributed by atoms with E-state index >= 15 is 0 Å². The van der Waals surface area contributed by atoms with E-state index in [-0.39, 0.29) is 0 Å². The van der Waals surface area contributed by atoms with Crippen molar-refractivity contribution < 1.29 is 9.47 Å². The Balaban J connectivity index is 1.60. The standard InChI is InChI=1S/C23H26N2O2S/c1-24-14-19(17-4-3-16-7-12-28-22(16)13-17)18-5-6-21(23(26-2)20(18)15-24)25-8-10-27-11-9-25/h3-7,12-13,19H,8-11,14-15H2,1-2H3. The second-order valence-corrected chi connectivity index (χ2v) is 8.70. The SMILES string of the molecule is COc1c(N2CCOCC2)ccc2c1CN(C)CC2c1ccc2ccsc2c1. The third-order valence-corrected chi connectivity index (χ3v) is 6.89. The average molecular weight is 395 g/mol. The highest BCUT2D eigenvalue weighted by atomic mass is 32.1. The van der Waals surface area contributed by atoms with Crippen LogP contribution in [0.5, 0.6) is 5.75 Å². The van der Waals surface area contributed by atoms with Gasteiger partial charge in [-0.15, -0.1) is 11.3 Å². The number of benzene rings is 2. The van der Waals surface area contributed by atoms with Crippen LogP contribution in [0.2, 0.25) is 0 Å². The Hall–Kier alpha value is -2.08. The Morgan fingerprint density at radius 2 is 1.96 bits per heavy atom. The number of fused-ring (bicyclic) bond motifs is 2. The van der Waals surface area contributed by atoms with Crippen LogP contribution in [0, 0.1) is 0 Å². The predicted molar refractivity (Wildman–Crippen MR) is 116 cm³/mol. The van der Waals surface area contributed by atoms with E-state index in [1.807, 2.05) is 11.3 Å². The summed E-state index contributed by atoms with van der Waals surface area (Å²) in [6.45, 7) is 5.36. The summed E-state index contributed by atoms with van der Waals surface area (Å²) in [5.41, 5.74) is 5.33. The van der Waals surface area contributed by atoms with Crippen molar-refractivity contribution in [2.24, 2.45) is 0 Å². The zero-order valence-electron chi connectivity index (χ0n) is 16.5. The second-order valence-electron chi connectivity index (χ2n) is 7.75. The molecule has 1 atom stereocenters. The smallest absolute Gasteiger partial charge is 0.146 e. The lowest BCUT2D eigenvalue weighted by molar-refractivity contribution is 0.122. The molecule has 0 saturated carbocycles. The third-order valence-electron chi connectivity index (χ3n) is 6.01. The highest BCUT2D eigenvalue weighted by molar-refractivity contribution is 7.17. The van der Waals surface area contributed by atoms with Gasteiger partial charge in [0.05, 0.1) is 26.0 Å². The highest BCUT2D eigenvalue weighted by Crippen LogP contribution is 2.43. The molecule has 0 bridgehead atoms. The Bertz CT molecular complexity index is 993. The van der Waals surface area contributed by atoms with Crippen LogP contribution in [0.4, 0.5) is 5.69 Å². The number of morpholine rings is 1. The molecule has 4 nitrogen and oxygen atoms in total. The first-order valence-corrected chi connectivity index (χ1v) is 10.8. The van der Waals surface area contributed by atoms with Gasteiger partial charge in [0.2, 0.25) is 0 Å². The van der Waals surface area contributed by atoms with Crippen LogP contribution in [0.25, 0.3) is 10.1 Å². The van der Waals surface area contributed by atoms with Crippen molar-refractivity contribution in [3.63, 3.8) is 0 Å². The molecule has 28 heavy (non-hydrogen) atoms. The summed E-state index contributed by atoms with van der Waals surface area (Å²) in [5.74, 6) is 1.40. The Morgan fingerprint density at radius 1 is 1.11 bits per heavy atom. The molecule has 0 N–H and O–H groups in total. The first kappa shape index (κ1) is 18.0. The Kier molecular flexibility index (Phi) is 4.75. The topological polar surface area (TPSA) is 24.9 Å². The van der Waals surface area contributed by atoms with Crippen molar-refractivity contribution >= 4 is 27.1 Å². The number of nitrogens with zero attached hydrogens (tertiary/aromatic N) is 2. The van der Waals surface area contributed by atoms with Crippen LogP contribution in [0.3, 0.4) is 0 Å². The number of hydrogen-bond acceptors (Lipinski definition) is 5. The molecule has 1 unspecified atom stereocenters. The largest absolute Gasteiger partial charge is 0.494 e. The normalized spacial score (nSPS) is 20.4. The van der Waals surface area contributed by atoms with Gasteiger partial charge in [-0.2, -0.15) is 0 Å². The van der Waals surface area contributed by atoms with Crippen molar-refractivity contribution in [2.75, 3.05) is 51.9 Å². The molecule has 3 aromatic rings. The average Bonchev–Trinajstić information content (AvgIpc) is 3.20. The van der Waals surface area contributed by atoms with E-state index in [0.29, 0.717) is 5.92 Å². The van der Waals surface area contributed by atoms with Gasteiger partial charge in [0.15, 0.2) is 0 Å². The van der Waals surface area contributed by atoms with Crippen LogP contribution >= 0.6 is 11.3 Å². The summed E-state index contributed by atoms with van der Waals surface area (Å²) < 4.78 is 12.9. The monoisotopic (exact) mass is 394 g/mol. The van der Waals surface area contributed by atoms with E-state index < -0.39 is 0 Å². The van der Waals surface area contributed by atoms with Crippen molar-refractivity contribution in [3.8, 4) is 5.75 Å². The number of methoxy groups -OCH3 is 1. The molecular weight excluding hydrogens is 368 g/mol. The third kappa shape index (κ3) is 3.08. The lowest BCUT2D eigenvalue weighted by Gasteiger charge is -2.36. The van der Waals surface area contributed by atoms with Gasteiger partial charge in [0.1, 0.15) is 5.75 Å². The molecule has 0 radical (unpaired) electrons. The van der Waals surface area contributed by atoms with E-state index in [4.69, 9.17) is 9.47 Å². The first-order valence-electron chi connectivity index (χ1n) is 9.93. The minimum atomic E-state index is 0.368. The summed E-state index contributed by atoms with van der Waals surface area (Å²) in [6.07, 6.45) is 0. The first-order chi connectivity index (χ1) is 13.7. The van der Waals surface area contributed by atoms with Crippen molar-refractivity contribution in [2.45, 2.75) is 12.5 Å². The van der Waals surface area contributed by atoms with Gasteiger partial charge >= 0.3 is 0 Å². The summed E-state index contributed by atoms with van der Waals surface area (Å²) in [7, 11) is 4.02. The molecule has 5 rings (SSSR count). The minimum absolute atomic E-state index is 0.368. The molecule has 2 aromatic carbocycles. The van der Waals surface area contributed by atoms with E-state index in [9.17, 15) is 0 Å². The van der Waals surface area contributed by atoms with Crippen molar-refractivity contribution in [3.05, 3.63) is 58.5 Å². The summed E-state index contributed by atoms with van der Waals surface area (Å²) in [6, 6.07) is 13.7. The number of ether oxygens (including phenoxy) is 2. The Labute approximate surface area is 170 Å². The van der Waals surface area contributed by atoms with Gasteiger partial charge in [-0.1, -0.05) is 18.2 Å². The molecular formula is C23H26N2O2S. The molecule has 5 heteroatoms. The molecule has 2 aliphatic rings. The molecule has 2 aliphatic heterocycles. The molecule has 146 valence electrons. The Morgan fingerprint density at radius 3 is 2.79 bits per heavy atom. The molecule has 0 aliphatic carbocycles. The van der Waals surface area contributed by atoms with E-state index in [2.05, 4.69) is 58.6 Å². The predicted octanol–water partition coefficient (Wildman–Crippen LogP) is 4.32. The van der Waals surface area contributed by atoms with Crippen molar-refractivity contribution in [1.29, 1.82) is 0 Å². The second kappa shape index (κ2) is 7.39. The molecule has 3 heterocycles. The molecule has 1 fully saturated rings. The van der Waals surface area contributed by atoms with E-state index in [1.165, 1.54) is 32.5 Å². The fraction of sp³-hybridized carbons (Fsp3) is 0.391. The van der Waals surface area contributed by atoms with E-state index in [1.54, 1.807) is 7.11 Å². The quantitative estimate of drug-likeness (QED) is 0.660. The summed E-state index contributed by atoms with van der Waals surface area (Å²) in [4.78, 5) is 4.81. The molecule has 0 spiro atoms. The van der Waals surface area contributed by atoms with Gasteiger partial charge in [-0.05, 0) is 47.1 Å². The summed E-state index contributed by atoms with van der Waals surface area (Å²) in [5, 5.41) is 3.51. The van der Waals surface area contributed by atoms with Gasteiger partial charge in [0.25, 0.3) is 0 Å². The maximum absolute atomic E-state index is 5.98. The van der Waals surface area contributed by atoms with Gasteiger partial charge in [-0.25, -0.2) is 0 Å². The molecule has 1 saturated heterocycles. The van der Waals surface area contributed by atoms with Crippen molar-refractivity contribution in [1.82, 2.24) is 4.90 Å². The molecule has 1 aromatic heterocycles. The molecule has 0 amide bonds. The lowest BCUT2D eigenvalue weighted by Crippen LogP contribution is -2.37. The van der Waals surface area contributed by atoms with Gasteiger partial charge < -0.3 is 19.3 Å². The maximum atomic E-state index is 5.98. The summed E-state index contributed by atoms with van der Waals surface area (Å²) >= 11 is 1.82. The zero-order chi connectivity index (χ0) is 19.1. The number of anilines is 1. The van der Waals surface area contributed by atoms with Gasteiger partial charge in [-0.3, -0.25) is 0 Å². The number of rotatable bonds is 3.